The smallest absolute Gasteiger partial charge is 0.0708 e. The summed E-state index contributed by atoms with van der Waals surface area (Å²) in [5.74, 6) is 0.991. The Kier molecular flexibility index (Phi) is 7.97. The Labute approximate surface area is 183 Å². The van der Waals surface area contributed by atoms with Gasteiger partial charge in [0.25, 0.3) is 0 Å². The van der Waals surface area contributed by atoms with E-state index in [4.69, 9.17) is 4.98 Å². The lowest BCUT2D eigenvalue weighted by molar-refractivity contribution is 0.330. The zero-order valence-corrected chi connectivity index (χ0v) is 19.0. The van der Waals surface area contributed by atoms with E-state index >= 15 is 0 Å². The summed E-state index contributed by atoms with van der Waals surface area (Å²) in [6.45, 7) is 6.11. The van der Waals surface area contributed by atoms with Crippen molar-refractivity contribution in [2.45, 2.75) is 84.0 Å². The van der Waals surface area contributed by atoms with E-state index in [1.807, 2.05) is 0 Å². The molecule has 2 fully saturated rings. The van der Waals surface area contributed by atoms with E-state index in [9.17, 15) is 0 Å². The van der Waals surface area contributed by atoms with Crippen molar-refractivity contribution in [1.82, 2.24) is 9.88 Å². The molecule has 0 bridgehead atoms. The van der Waals surface area contributed by atoms with E-state index in [1.54, 1.807) is 5.56 Å². The second-order valence-corrected chi connectivity index (χ2v) is 9.58. The maximum absolute atomic E-state index is 4.95. The number of hydrogen-bond acceptors (Lipinski definition) is 2. The minimum Gasteiger partial charge on any atom is -0.303 e. The third kappa shape index (κ3) is 5.72. The minimum atomic E-state index is 0.991. The fourth-order valence-corrected chi connectivity index (χ4v) is 5.61. The SMILES string of the molecule is Cc1nc2ccccc2c(CCCCN2CCCC2)c1C/C=C/CCC1CCCC1. The van der Waals surface area contributed by atoms with Crippen molar-refractivity contribution in [2.75, 3.05) is 19.6 Å². The molecule has 162 valence electrons. The number of pyridine rings is 1. The van der Waals surface area contributed by atoms with Crippen LogP contribution in [0.2, 0.25) is 0 Å². The molecule has 1 saturated carbocycles. The summed E-state index contributed by atoms with van der Waals surface area (Å²) in [5, 5.41) is 1.37. The van der Waals surface area contributed by atoms with Gasteiger partial charge >= 0.3 is 0 Å². The molecular formula is C28H40N2. The fraction of sp³-hybridized carbons (Fsp3) is 0.607. The number of unbranched alkanes of at least 4 members (excludes halogenated alkanes) is 1. The normalized spacial score (nSPS) is 18.3. The van der Waals surface area contributed by atoms with Gasteiger partial charge in [-0.15, -0.1) is 0 Å². The van der Waals surface area contributed by atoms with E-state index < -0.39 is 0 Å². The van der Waals surface area contributed by atoms with Crippen molar-refractivity contribution in [2.24, 2.45) is 5.92 Å². The topological polar surface area (TPSA) is 16.1 Å². The predicted octanol–water partition coefficient (Wildman–Crippen LogP) is 7.03. The van der Waals surface area contributed by atoms with Gasteiger partial charge in [-0.25, -0.2) is 0 Å². The van der Waals surface area contributed by atoms with Gasteiger partial charge in [0.15, 0.2) is 0 Å². The maximum Gasteiger partial charge on any atom is 0.0708 e. The number of nitrogens with zero attached hydrogens (tertiary/aromatic N) is 2. The summed E-state index contributed by atoms with van der Waals surface area (Å²) < 4.78 is 0. The summed E-state index contributed by atoms with van der Waals surface area (Å²) in [6, 6.07) is 8.75. The lowest BCUT2D eigenvalue weighted by Crippen LogP contribution is -2.20. The maximum atomic E-state index is 4.95. The average Bonchev–Trinajstić information content (AvgIpc) is 3.46. The molecule has 0 radical (unpaired) electrons. The molecular weight excluding hydrogens is 364 g/mol. The summed E-state index contributed by atoms with van der Waals surface area (Å²) >= 11 is 0. The number of aromatic nitrogens is 1. The van der Waals surface area contributed by atoms with E-state index in [2.05, 4.69) is 48.2 Å². The van der Waals surface area contributed by atoms with Gasteiger partial charge in [-0.05, 0) is 101 Å². The standard InChI is InChI=1S/C28H40N2/c1-23-25(16-4-2-3-13-24-14-5-6-15-24)26(27-18-7-8-19-28(27)29-23)17-9-10-20-30-21-11-12-22-30/h2,4,7-8,18-19,24H,3,5-6,9-17,20-22H2,1H3/b4-2+. The second-order valence-electron chi connectivity index (χ2n) is 9.58. The fourth-order valence-electron chi connectivity index (χ4n) is 5.61. The highest BCUT2D eigenvalue weighted by Gasteiger charge is 2.15. The summed E-state index contributed by atoms with van der Waals surface area (Å²) in [7, 11) is 0. The molecule has 2 aliphatic rings. The zero-order chi connectivity index (χ0) is 20.6. The van der Waals surface area contributed by atoms with Gasteiger partial charge in [-0.2, -0.15) is 0 Å². The van der Waals surface area contributed by atoms with Crippen LogP contribution in [0.15, 0.2) is 36.4 Å². The van der Waals surface area contributed by atoms with Crippen molar-refractivity contribution in [3.05, 3.63) is 53.2 Å². The molecule has 0 atom stereocenters. The largest absolute Gasteiger partial charge is 0.303 e. The highest BCUT2D eigenvalue weighted by molar-refractivity contribution is 5.83. The van der Waals surface area contributed by atoms with Crippen LogP contribution in [-0.4, -0.2) is 29.5 Å². The van der Waals surface area contributed by atoms with Crippen LogP contribution < -0.4 is 0 Å². The molecule has 2 aromatic rings. The molecule has 30 heavy (non-hydrogen) atoms. The Morgan fingerprint density at radius 1 is 0.967 bits per heavy atom. The lowest BCUT2D eigenvalue weighted by atomic mass is 9.94. The molecule has 0 amide bonds. The minimum absolute atomic E-state index is 0.991. The molecule has 2 nitrogen and oxygen atoms in total. The number of fused-ring (bicyclic) bond motifs is 1. The Balaban J connectivity index is 1.40. The van der Waals surface area contributed by atoms with Crippen molar-refractivity contribution in [3.8, 4) is 0 Å². The van der Waals surface area contributed by atoms with Crippen LogP contribution in [0.25, 0.3) is 10.9 Å². The van der Waals surface area contributed by atoms with Gasteiger partial charge in [-0.3, -0.25) is 4.98 Å². The molecule has 2 heteroatoms. The molecule has 0 unspecified atom stereocenters. The molecule has 1 aliphatic heterocycles. The molecule has 0 N–H and O–H groups in total. The van der Waals surface area contributed by atoms with Gasteiger partial charge in [-0.1, -0.05) is 56.0 Å². The molecule has 1 aromatic heterocycles. The van der Waals surface area contributed by atoms with Crippen molar-refractivity contribution < 1.29 is 0 Å². The number of para-hydroxylation sites is 1. The first-order valence-electron chi connectivity index (χ1n) is 12.6. The van der Waals surface area contributed by atoms with E-state index in [0.29, 0.717) is 0 Å². The lowest BCUT2D eigenvalue weighted by Gasteiger charge is -2.17. The first-order valence-corrected chi connectivity index (χ1v) is 12.6. The Morgan fingerprint density at radius 2 is 1.77 bits per heavy atom. The van der Waals surface area contributed by atoms with Crippen LogP contribution in [0.1, 0.15) is 81.0 Å². The molecule has 1 saturated heterocycles. The molecule has 4 rings (SSSR count). The number of hydrogen-bond donors (Lipinski definition) is 0. The first kappa shape index (κ1) is 21.6. The van der Waals surface area contributed by atoms with Crippen LogP contribution in [0, 0.1) is 12.8 Å². The van der Waals surface area contributed by atoms with Gasteiger partial charge < -0.3 is 4.90 Å². The Hall–Kier alpha value is -1.67. The molecule has 0 spiro atoms. The average molecular weight is 405 g/mol. The number of benzene rings is 1. The molecule has 1 aliphatic carbocycles. The van der Waals surface area contributed by atoms with E-state index in [1.165, 1.54) is 112 Å². The van der Waals surface area contributed by atoms with Gasteiger partial charge in [0.05, 0.1) is 5.52 Å². The Bertz CT molecular complexity index is 826. The van der Waals surface area contributed by atoms with Crippen molar-refractivity contribution in [3.63, 3.8) is 0 Å². The van der Waals surface area contributed by atoms with Crippen molar-refractivity contribution in [1.29, 1.82) is 0 Å². The van der Waals surface area contributed by atoms with Crippen LogP contribution in [0.5, 0.6) is 0 Å². The molecule has 2 heterocycles. The quantitative estimate of drug-likeness (QED) is 0.312. The molecule has 1 aromatic carbocycles. The Morgan fingerprint density at radius 3 is 2.60 bits per heavy atom. The van der Waals surface area contributed by atoms with Crippen LogP contribution in [0.4, 0.5) is 0 Å². The van der Waals surface area contributed by atoms with Crippen LogP contribution in [0.3, 0.4) is 0 Å². The zero-order valence-electron chi connectivity index (χ0n) is 19.0. The summed E-state index contributed by atoms with van der Waals surface area (Å²) in [6.07, 6.45) is 20.9. The second kappa shape index (κ2) is 11.1. The van der Waals surface area contributed by atoms with Crippen LogP contribution >= 0.6 is 0 Å². The monoisotopic (exact) mass is 404 g/mol. The number of likely N-dealkylation sites (tertiary alicyclic amines) is 1. The van der Waals surface area contributed by atoms with Gasteiger partial charge in [0, 0.05) is 11.1 Å². The summed E-state index contributed by atoms with van der Waals surface area (Å²) in [5.41, 5.74) is 5.43. The number of rotatable bonds is 10. The first-order chi connectivity index (χ1) is 14.8. The third-order valence-electron chi connectivity index (χ3n) is 7.37. The van der Waals surface area contributed by atoms with Gasteiger partial charge in [0.1, 0.15) is 0 Å². The van der Waals surface area contributed by atoms with E-state index in [-0.39, 0.29) is 0 Å². The number of allylic oxidation sites excluding steroid dienone is 2. The van der Waals surface area contributed by atoms with Crippen molar-refractivity contribution >= 4 is 10.9 Å². The third-order valence-corrected chi connectivity index (χ3v) is 7.37. The highest BCUT2D eigenvalue weighted by Crippen LogP contribution is 2.29. The van der Waals surface area contributed by atoms with E-state index in [0.717, 1.165) is 12.3 Å². The highest BCUT2D eigenvalue weighted by atomic mass is 15.1. The predicted molar refractivity (Wildman–Crippen MR) is 129 cm³/mol. The number of aryl methyl sites for hydroxylation is 2. The summed E-state index contributed by atoms with van der Waals surface area (Å²) in [4.78, 5) is 7.59. The van der Waals surface area contributed by atoms with Gasteiger partial charge in [0.2, 0.25) is 0 Å². The van der Waals surface area contributed by atoms with Crippen LogP contribution in [-0.2, 0) is 12.8 Å².